The Hall–Kier alpha value is -2.67. The van der Waals surface area contributed by atoms with Crippen molar-refractivity contribution in [3.63, 3.8) is 0 Å². The van der Waals surface area contributed by atoms with Crippen molar-refractivity contribution in [2.24, 2.45) is 0 Å². The Kier molecular flexibility index (Phi) is 4.38. The van der Waals surface area contributed by atoms with E-state index >= 15 is 0 Å². The lowest BCUT2D eigenvalue weighted by Gasteiger charge is -2.04. The molecule has 1 aromatic carbocycles. The maximum Gasteiger partial charge on any atom is 0.251 e. The van der Waals surface area contributed by atoms with Gasteiger partial charge in [0.25, 0.3) is 5.91 Å². The third-order valence-corrected chi connectivity index (χ3v) is 4.10. The molecular formula is C16H15N3O3S. The number of rotatable bonds is 5. The van der Waals surface area contributed by atoms with E-state index in [0.29, 0.717) is 23.7 Å². The molecule has 0 aliphatic heterocycles. The topological polar surface area (TPSA) is 84.2 Å². The monoisotopic (exact) mass is 329 g/mol. The highest BCUT2D eigenvalue weighted by Crippen LogP contribution is 2.26. The molecule has 3 aromatic rings. The Labute approximate surface area is 136 Å². The van der Waals surface area contributed by atoms with E-state index in [4.69, 9.17) is 4.42 Å². The number of carbonyl (C=O) groups is 2. The molecule has 0 saturated carbocycles. The number of benzene rings is 1. The predicted octanol–water partition coefficient (Wildman–Crippen LogP) is 2.82. The summed E-state index contributed by atoms with van der Waals surface area (Å²) in [5, 5.41) is 6.04. The SMILES string of the molecule is CC(=O)Nc1nc2ccc(C(=O)NCCc3ccco3)cc2s1. The number of aromatic nitrogens is 1. The molecule has 0 aliphatic carbocycles. The van der Waals surface area contributed by atoms with Gasteiger partial charge in [-0.1, -0.05) is 11.3 Å². The number of anilines is 1. The summed E-state index contributed by atoms with van der Waals surface area (Å²) >= 11 is 1.34. The first-order valence-corrected chi connectivity index (χ1v) is 7.92. The Bertz CT molecular complexity index is 840. The highest BCUT2D eigenvalue weighted by molar-refractivity contribution is 7.22. The van der Waals surface area contributed by atoms with E-state index < -0.39 is 0 Å². The molecule has 0 saturated heterocycles. The quantitative estimate of drug-likeness (QED) is 0.754. The van der Waals surface area contributed by atoms with Crippen molar-refractivity contribution in [2.75, 3.05) is 11.9 Å². The minimum absolute atomic E-state index is 0.145. The Morgan fingerprint density at radius 1 is 1.30 bits per heavy atom. The number of amides is 2. The zero-order valence-electron chi connectivity index (χ0n) is 12.5. The zero-order valence-corrected chi connectivity index (χ0v) is 13.3. The van der Waals surface area contributed by atoms with Crippen LogP contribution in [0.15, 0.2) is 41.0 Å². The molecule has 6 nitrogen and oxygen atoms in total. The highest BCUT2D eigenvalue weighted by Gasteiger charge is 2.10. The van der Waals surface area contributed by atoms with Gasteiger partial charge in [-0.2, -0.15) is 0 Å². The van der Waals surface area contributed by atoms with Crippen LogP contribution in [0.5, 0.6) is 0 Å². The standard InChI is InChI=1S/C16H15N3O3S/c1-10(20)18-16-19-13-5-4-11(9-14(13)23-16)15(21)17-7-6-12-3-2-8-22-12/h2-5,8-9H,6-7H2,1H3,(H,17,21)(H,18,19,20). The fourth-order valence-corrected chi connectivity index (χ4v) is 3.08. The molecule has 2 N–H and O–H groups in total. The molecular weight excluding hydrogens is 314 g/mol. The smallest absolute Gasteiger partial charge is 0.251 e. The Balaban J connectivity index is 1.66. The van der Waals surface area contributed by atoms with E-state index in [9.17, 15) is 9.59 Å². The molecule has 0 spiro atoms. The van der Waals surface area contributed by atoms with Crippen molar-refractivity contribution in [2.45, 2.75) is 13.3 Å². The molecule has 2 heterocycles. The number of hydrogen-bond donors (Lipinski definition) is 2. The van der Waals surface area contributed by atoms with Gasteiger partial charge in [-0.05, 0) is 30.3 Å². The van der Waals surface area contributed by atoms with Gasteiger partial charge in [0.2, 0.25) is 5.91 Å². The molecule has 0 aliphatic rings. The van der Waals surface area contributed by atoms with Crippen molar-refractivity contribution in [3.8, 4) is 0 Å². The average Bonchev–Trinajstić information content (AvgIpc) is 3.14. The fraction of sp³-hybridized carbons (Fsp3) is 0.188. The van der Waals surface area contributed by atoms with E-state index in [1.807, 2.05) is 12.1 Å². The summed E-state index contributed by atoms with van der Waals surface area (Å²) < 4.78 is 6.07. The van der Waals surface area contributed by atoms with Gasteiger partial charge < -0.3 is 15.1 Å². The fourth-order valence-electron chi connectivity index (χ4n) is 2.13. The van der Waals surface area contributed by atoms with Gasteiger partial charge in [-0.3, -0.25) is 9.59 Å². The summed E-state index contributed by atoms with van der Waals surface area (Å²) in [4.78, 5) is 27.5. The second kappa shape index (κ2) is 6.62. The van der Waals surface area contributed by atoms with Gasteiger partial charge in [0, 0.05) is 25.5 Å². The van der Waals surface area contributed by atoms with Crippen LogP contribution < -0.4 is 10.6 Å². The summed E-state index contributed by atoms with van der Waals surface area (Å²) in [6, 6.07) is 8.97. The zero-order chi connectivity index (χ0) is 16.2. The molecule has 2 aromatic heterocycles. The van der Waals surface area contributed by atoms with Crippen LogP contribution in [0, 0.1) is 0 Å². The van der Waals surface area contributed by atoms with Gasteiger partial charge in [0.05, 0.1) is 16.5 Å². The van der Waals surface area contributed by atoms with Crippen LogP contribution in [0.4, 0.5) is 5.13 Å². The molecule has 0 radical (unpaired) electrons. The maximum atomic E-state index is 12.2. The maximum absolute atomic E-state index is 12.2. The third-order valence-electron chi connectivity index (χ3n) is 3.17. The van der Waals surface area contributed by atoms with E-state index in [2.05, 4.69) is 15.6 Å². The normalized spacial score (nSPS) is 10.7. The van der Waals surface area contributed by atoms with Crippen LogP contribution in [0.3, 0.4) is 0 Å². The first-order chi connectivity index (χ1) is 11.1. The van der Waals surface area contributed by atoms with Crippen LogP contribution in [-0.4, -0.2) is 23.3 Å². The lowest BCUT2D eigenvalue weighted by Crippen LogP contribution is -2.25. The van der Waals surface area contributed by atoms with Gasteiger partial charge in [-0.25, -0.2) is 4.98 Å². The lowest BCUT2D eigenvalue weighted by atomic mass is 10.2. The number of carbonyl (C=O) groups excluding carboxylic acids is 2. The molecule has 0 fully saturated rings. The van der Waals surface area contributed by atoms with Gasteiger partial charge in [0.15, 0.2) is 5.13 Å². The minimum atomic E-state index is -0.167. The van der Waals surface area contributed by atoms with Crippen LogP contribution in [-0.2, 0) is 11.2 Å². The summed E-state index contributed by atoms with van der Waals surface area (Å²) in [5.74, 6) is 0.524. The van der Waals surface area contributed by atoms with Crippen LogP contribution in [0.2, 0.25) is 0 Å². The lowest BCUT2D eigenvalue weighted by molar-refractivity contribution is -0.114. The molecule has 0 unspecified atom stereocenters. The highest BCUT2D eigenvalue weighted by atomic mass is 32.1. The summed E-state index contributed by atoms with van der Waals surface area (Å²) in [6.45, 7) is 1.94. The Morgan fingerprint density at radius 3 is 2.91 bits per heavy atom. The molecule has 118 valence electrons. The van der Waals surface area contributed by atoms with E-state index in [0.717, 1.165) is 16.0 Å². The van der Waals surface area contributed by atoms with Crippen molar-refractivity contribution >= 4 is 38.5 Å². The summed E-state index contributed by atoms with van der Waals surface area (Å²) in [5.41, 5.74) is 1.32. The van der Waals surface area contributed by atoms with Crippen LogP contribution in [0.1, 0.15) is 23.0 Å². The number of nitrogens with zero attached hydrogens (tertiary/aromatic N) is 1. The first kappa shape index (κ1) is 15.2. The first-order valence-electron chi connectivity index (χ1n) is 7.10. The van der Waals surface area contributed by atoms with Gasteiger partial charge >= 0.3 is 0 Å². The van der Waals surface area contributed by atoms with Crippen molar-refractivity contribution in [1.82, 2.24) is 10.3 Å². The third kappa shape index (κ3) is 3.75. The Morgan fingerprint density at radius 2 is 2.17 bits per heavy atom. The van der Waals surface area contributed by atoms with Crippen LogP contribution >= 0.6 is 11.3 Å². The second-order valence-electron chi connectivity index (χ2n) is 4.97. The van der Waals surface area contributed by atoms with E-state index in [1.54, 1.807) is 24.5 Å². The molecule has 23 heavy (non-hydrogen) atoms. The number of nitrogens with one attached hydrogen (secondary N) is 2. The van der Waals surface area contributed by atoms with Crippen molar-refractivity contribution in [1.29, 1.82) is 0 Å². The van der Waals surface area contributed by atoms with Crippen molar-refractivity contribution in [3.05, 3.63) is 47.9 Å². The minimum Gasteiger partial charge on any atom is -0.469 e. The van der Waals surface area contributed by atoms with Gasteiger partial charge in [-0.15, -0.1) is 0 Å². The number of thiazole rings is 1. The van der Waals surface area contributed by atoms with E-state index in [-0.39, 0.29) is 11.8 Å². The van der Waals surface area contributed by atoms with Gasteiger partial charge in [0.1, 0.15) is 5.76 Å². The number of furan rings is 1. The number of hydrogen-bond acceptors (Lipinski definition) is 5. The summed E-state index contributed by atoms with van der Waals surface area (Å²) in [7, 11) is 0. The predicted molar refractivity (Wildman–Crippen MR) is 88.7 cm³/mol. The molecule has 0 atom stereocenters. The average molecular weight is 329 g/mol. The molecule has 3 rings (SSSR count). The number of fused-ring (bicyclic) bond motifs is 1. The molecule has 2 amide bonds. The van der Waals surface area contributed by atoms with E-state index in [1.165, 1.54) is 18.3 Å². The molecule has 7 heteroatoms. The summed E-state index contributed by atoms with van der Waals surface area (Å²) in [6.07, 6.45) is 2.26. The van der Waals surface area contributed by atoms with Crippen molar-refractivity contribution < 1.29 is 14.0 Å². The van der Waals surface area contributed by atoms with Crippen LogP contribution in [0.25, 0.3) is 10.2 Å². The second-order valence-corrected chi connectivity index (χ2v) is 6.00. The largest absolute Gasteiger partial charge is 0.469 e. The molecule has 0 bridgehead atoms.